The second-order valence-corrected chi connectivity index (χ2v) is 27.7. The van der Waals surface area contributed by atoms with Crippen LogP contribution in [0.15, 0.2) is 0 Å². The first-order valence-corrected chi connectivity index (χ1v) is 33.3. The molecule has 0 fully saturated rings. The summed E-state index contributed by atoms with van der Waals surface area (Å²) in [6, 6.07) is 14.4. The molecule has 0 unspecified atom stereocenters. The van der Waals surface area contributed by atoms with Crippen LogP contribution in [0.1, 0.15) is 217 Å². The zero-order chi connectivity index (χ0) is 79.4. The standard InChI is InChI=1S/2C25H30N.2C19H24N.4CH3.3Ir.6H2/c2*1-12-11-22(17(6)14(3)13(12)2)25-24-19(8)16(5)15(4)18(7)23(24)20(9)21(10)26-25;2*1-10-9-18(15(6)12(3)11(10)2)19-16(7)13(4)14(5)17(8)20-19;;;;;;;;;;;;;/h2*1-10H3;2*1-8H3;4*1H3;;;;6*1H/q8*-1;;2*+3;;;;;;/i;;;;;;;;;;;5*1+1D;1+1. The molecule has 7 heteroatoms. The molecule has 1 radical (unpaired) electrons. The molecule has 0 aliphatic carbocycles. The summed E-state index contributed by atoms with van der Waals surface area (Å²) in [5, 5.41) is 5.35. The molecule has 10 rings (SSSR count). The van der Waals surface area contributed by atoms with Crippen LogP contribution in [0.4, 0.5) is 0 Å². The molecule has 549 valence electrons. The Bertz CT molecular complexity index is 4350. The Balaban J connectivity index is -0.000000243. The molecule has 0 saturated carbocycles. The number of rotatable bonds is 4. The van der Waals surface area contributed by atoms with Gasteiger partial charge in [-0.25, -0.2) is 0 Å². The van der Waals surface area contributed by atoms with Gasteiger partial charge in [-0.05, 0) is 250 Å². The second-order valence-electron chi connectivity index (χ2n) is 27.7. The van der Waals surface area contributed by atoms with Gasteiger partial charge in [-0.15, -0.1) is 136 Å². The molecule has 0 saturated heterocycles. The molecule has 10 aromatic rings. The summed E-state index contributed by atoms with van der Waals surface area (Å²) in [7, 11) is 0. The van der Waals surface area contributed by atoms with E-state index in [0.29, 0.717) is 0 Å². The Morgan fingerprint density at radius 3 is 0.566 bits per heavy atom. The maximum atomic E-state index is 5.09. The quantitative estimate of drug-likeness (QED) is 0.165. The fourth-order valence-electron chi connectivity index (χ4n) is 13.6. The van der Waals surface area contributed by atoms with E-state index in [2.05, 4.69) is 274 Å². The van der Waals surface area contributed by atoms with E-state index in [4.69, 9.17) is 34.8 Å². The molecule has 0 N–H and O–H groups in total. The minimum absolute atomic E-state index is 0. The van der Waals surface area contributed by atoms with E-state index in [1.807, 2.05) is 0 Å². The molecule has 0 aliphatic rings. The summed E-state index contributed by atoms with van der Waals surface area (Å²) in [5.41, 5.74) is 55.7. The van der Waals surface area contributed by atoms with E-state index in [1.54, 1.807) is 0 Å². The SMILES string of the molecule is Cc1[c-]c(-c2nc(C)c(C)c(C)c2C)c(C)c(C)c1C.Cc1[c-]c(-c2nc(C)c(C)c(C)c2C)c(C)c(C)c1C.Cc1[c-]c(-c2nc(C)c(C)c3c(C)c(C)c(C)c(C)c23)c(C)c(C)c1C.Cc1[c-]c(-c2nc(C)c(C)c3c(C)c(C)c(C)c(C)c23)c(C)c(C)c1C.[2HH].[2H][2H].[2H][2H].[2H][2H].[2H][2H].[2H][2H].[CH3-].[CH3-].[CH3-].[CH3-].[Ir+3].[Ir+3].[Ir]. The molecule has 0 aliphatic heterocycles. The summed E-state index contributed by atoms with van der Waals surface area (Å²) < 4.78 is 50.0. The van der Waals surface area contributed by atoms with E-state index in [-0.39, 0.29) is 91.4 Å². The van der Waals surface area contributed by atoms with Gasteiger partial charge < -0.3 is 49.6 Å². The summed E-state index contributed by atoms with van der Waals surface area (Å²) >= 11 is 0. The summed E-state index contributed by atoms with van der Waals surface area (Å²) in [4.78, 5) is 19.9. The average molecular weight is 1880 g/mol. The number of fused-ring (bicyclic) bond motifs is 2. The number of benzene rings is 6. The first-order chi connectivity index (χ1) is 47.6. The summed E-state index contributed by atoms with van der Waals surface area (Å²) in [5.74, 6) is 0. The van der Waals surface area contributed by atoms with Crippen molar-refractivity contribution in [2.75, 3.05) is 0 Å². The Labute approximate surface area is 662 Å². The Kier molecular flexibility index (Phi) is 30.6. The number of hydrogen-bond acceptors (Lipinski definition) is 4. The predicted molar refractivity (Wildman–Crippen MR) is 438 cm³/mol. The molecule has 4 heterocycles. The van der Waals surface area contributed by atoms with Crippen LogP contribution >= 0.6 is 0 Å². The second kappa shape index (κ2) is 36.0. The Morgan fingerprint density at radius 1 is 0.182 bits per heavy atom. The normalized spacial score (nSPS) is 10.9. The third-order valence-electron chi connectivity index (χ3n) is 23.3. The van der Waals surface area contributed by atoms with Crippen LogP contribution in [0.2, 0.25) is 0 Å². The van der Waals surface area contributed by atoms with Gasteiger partial charge in [-0.1, -0.05) is 133 Å². The Hall–Kier alpha value is -5.61. The fourth-order valence-corrected chi connectivity index (χ4v) is 13.6. The van der Waals surface area contributed by atoms with Crippen molar-refractivity contribution < 1.29 is 76.6 Å². The van der Waals surface area contributed by atoms with Crippen LogP contribution in [-0.2, 0) is 60.3 Å². The van der Waals surface area contributed by atoms with Gasteiger partial charge in [0.05, 0.1) is 0 Å². The molecule has 0 amide bonds. The first-order valence-electron chi connectivity index (χ1n) is 38.3. The average Bonchev–Trinajstić information content (AvgIpc) is 0.741. The van der Waals surface area contributed by atoms with Crippen molar-refractivity contribution in [1.82, 2.24) is 19.9 Å². The van der Waals surface area contributed by atoms with Crippen molar-refractivity contribution in [2.45, 2.75) is 249 Å². The molecule has 4 nitrogen and oxygen atoms in total. The first kappa shape index (κ1) is 84.0. The minimum Gasteiger partial charge on any atom is -0.358 e. The molecule has 4 aromatic heterocycles. The Morgan fingerprint density at radius 2 is 0.343 bits per heavy atom. The summed E-state index contributed by atoms with van der Waals surface area (Å²) in [6.45, 7) is 78.7. The van der Waals surface area contributed by atoms with Gasteiger partial charge in [0.1, 0.15) is 0 Å². The van der Waals surface area contributed by atoms with Gasteiger partial charge >= 0.3 is 40.2 Å². The molecule has 99 heavy (non-hydrogen) atoms. The zero-order valence-electron chi connectivity index (χ0n) is 78.8. The molecule has 0 spiro atoms. The van der Waals surface area contributed by atoms with Gasteiger partial charge in [0.2, 0.25) is 0 Å². The number of nitrogens with zero attached hydrogens (tertiary/aromatic N) is 4. The van der Waals surface area contributed by atoms with E-state index in [0.717, 1.165) is 67.8 Å². The molecular formula is C92H132Ir3N4-2. The van der Waals surface area contributed by atoms with E-state index >= 15 is 0 Å². The molecule has 6 aromatic carbocycles. The van der Waals surface area contributed by atoms with Crippen LogP contribution in [0, 0.1) is 303 Å². The predicted octanol–water partition coefficient (Wildman–Crippen LogP) is 26.9. The maximum Gasteiger partial charge on any atom is 3.00 e. The third-order valence-corrected chi connectivity index (χ3v) is 23.3. The number of hydrogen-bond donors (Lipinski definition) is 0. The van der Waals surface area contributed by atoms with Crippen LogP contribution < -0.4 is 0 Å². The monoisotopic (exact) mass is 1880 g/mol. The van der Waals surface area contributed by atoms with Crippen molar-refractivity contribution in [3.63, 3.8) is 0 Å². The molecule has 0 bridgehead atoms. The van der Waals surface area contributed by atoms with Crippen LogP contribution in [-0.4, -0.2) is 19.9 Å². The molecule has 0 atom stereocenters. The number of pyridine rings is 4. The minimum atomic E-state index is 0. The number of aromatic nitrogens is 4. The van der Waals surface area contributed by atoms with Gasteiger partial charge in [0.25, 0.3) is 0 Å². The maximum absolute atomic E-state index is 5.09. The fraction of sp³-hybridized carbons (Fsp3) is 0.391. The smallest absolute Gasteiger partial charge is 0.358 e. The molecular weight excluding hydrogens is 1740 g/mol. The van der Waals surface area contributed by atoms with E-state index < -0.39 is 0 Å². The van der Waals surface area contributed by atoms with Gasteiger partial charge in [0.15, 0.2) is 0 Å². The van der Waals surface area contributed by atoms with Crippen LogP contribution in [0.3, 0.4) is 0 Å². The van der Waals surface area contributed by atoms with Gasteiger partial charge in [-0.3, -0.25) is 0 Å². The third kappa shape index (κ3) is 17.1. The topological polar surface area (TPSA) is 51.6 Å². The van der Waals surface area contributed by atoms with E-state index in [1.165, 1.54) is 200 Å². The van der Waals surface area contributed by atoms with Gasteiger partial charge in [-0.2, -0.15) is 0 Å². The van der Waals surface area contributed by atoms with Gasteiger partial charge in [0, 0.05) is 59.2 Å². The van der Waals surface area contributed by atoms with Crippen LogP contribution in [0.25, 0.3) is 66.6 Å². The van der Waals surface area contributed by atoms with Crippen molar-refractivity contribution in [3.05, 3.63) is 255 Å². The number of aryl methyl sites for hydroxylation is 14. The zero-order valence-corrected chi connectivity index (χ0v) is 76.0. The van der Waals surface area contributed by atoms with Crippen molar-refractivity contribution in [3.8, 4) is 45.0 Å². The van der Waals surface area contributed by atoms with E-state index in [9.17, 15) is 0 Å². The van der Waals surface area contributed by atoms with Crippen LogP contribution in [0.5, 0.6) is 0 Å². The largest absolute Gasteiger partial charge is 3.00 e. The van der Waals surface area contributed by atoms with Crippen molar-refractivity contribution in [2.24, 2.45) is 0 Å². The summed E-state index contributed by atoms with van der Waals surface area (Å²) in [6.07, 6.45) is 0. The van der Waals surface area contributed by atoms with Crippen molar-refractivity contribution >= 4 is 21.5 Å². The van der Waals surface area contributed by atoms with Crippen molar-refractivity contribution in [1.29, 1.82) is 0 Å².